The van der Waals surface area contributed by atoms with Crippen LogP contribution in [0.4, 0.5) is 0 Å². The van der Waals surface area contributed by atoms with Crippen molar-refractivity contribution in [2.24, 2.45) is 9.98 Å². The van der Waals surface area contributed by atoms with Crippen molar-refractivity contribution in [3.63, 3.8) is 0 Å². The third-order valence-corrected chi connectivity index (χ3v) is 4.63. The van der Waals surface area contributed by atoms with Crippen LogP contribution >= 0.6 is 0 Å². The molecule has 0 unspecified atom stereocenters. The quantitative estimate of drug-likeness (QED) is 0.608. The average molecular weight is 362 g/mol. The maximum absolute atomic E-state index is 4.74. The summed E-state index contributed by atoms with van der Waals surface area (Å²) in [7, 11) is 10.5. The summed E-state index contributed by atoms with van der Waals surface area (Å²) in [6.07, 6.45) is 10.6. The van der Waals surface area contributed by atoms with Crippen molar-refractivity contribution in [2.75, 3.05) is 74.5 Å². The lowest BCUT2D eigenvalue weighted by Gasteiger charge is -2.30. The lowest BCUT2D eigenvalue weighted by Crippen LogP contribution is -2.41. The van der Waals surface area contributed by atoms with Gasteiger partial charge in [-0.3, -0.25) is 9.98 Å². The number of rotatable bonds is 8. The van der Waals surface area contributed by atoms with Crippen LogP contribution in [0.15, 0.2) is 34.5 Å². The van der Waals surface area contributed by atoms with Gasteiger partial charge in [-0.15, -0.1) is 0 Å². The molecule has 0 fully saturated rings. The highest BCUT2D eigenvalue weighted by molar-refractivity contribution is 5.82. The van der Waals surface area contributed by atoms with Crippen LogP contribution in [0.2, 0.25) is 0 Å². The molecule has 2 heterocycles. The van der Waals surface area contributed by atoms with E-state index in [4.69, 9.17) is 9.98 Å². The number of hydrogen-bond acceptors (Lipinski definition) is 3. The number of guanidine groups is 2. The zero-order valence-corrected chi connectivity index (χ0v) is 17.1. The molecular formula is C19H35N7. The summed E-state index contributed by atoms with van der Waals surface area (Å²) in [4.78, 5) is 20.4. The highest BCUT2D eigenvalue weighted by Gasteiger charge is 2.13. The third-order valence-electron chi connectivity index (χ3n) is 4.63. The molecule has 0 saturated carbocycles. The Morgan fingerprint density at radius 3 is 1.62 bits per heavy atom. The van der Waals surface area contributed by atoms with Crippen LogP contribution in [0.25, 0.3) is 0 Å². The normalized spacial score (nSPS) is 21.0. The van der Waals surface area contributed by atoms with Crippen LogP contribution in [0.1, 0.15) is 12.8 Å². The monoisotopic (exact) mass is 361 g/mol. The van der Waals surface area contributed by atoms with E-state index in [0.717, 1.165) is 64.0 Å². The second-order valence-corrected chi connectivity index (χ2v) is 7.13. The predicted octanol–water partition coefficient (Wildman–Crippen LogP) is 1.19. The molecule has 0 atom stereocenters. The van der Waals surface area contributed by atoms with E-state index in [1.807, 2.05) is 0 Å². The molecule has 0 aliphatic carbocycles. The first-order chi connectivity index (χ1) is 12.5. The van der Waals surface area contributed by atoms with Gasteiger partial charge >= 0.3 is 0 Å². The van der Waals surface area contributed by atoms with Gasteiger partial charge in [0, 0.05) is 66.8 Å². The van der Waals surface area contributed by atoms with Crippen molar-refractivity contribution in [2.45, 2.75) is 12.8 Å². The van der Waals surface area contributed by atoms with E-state index < -0.39 is 0 Å². The molecule has 26 heavy (non-hydrogen) atoms. The topological polar surface area (TPSA) is 40.9 Å². The number of aliphatic imine (C=N–C) groups is 2. The first kappa shape index (κ1) is 20.3. The Morgan fingerprint density at radius 2 is 1.23 bits per heavy atom. The van der Waals surface area contributed by atoms with Crippen LogP contribution < -0.4 is 0 Å². The van der Waals surface area contributed by atoms with Gasteiger partial charge in [-0.05, 0) is 45.1 Å². The van der Waals surface area contributed by atoms with Gasteiger partial charge in [0.2, 0.25) is 0 Å². The van der Waals surface area contributed by atoms with Crippen molar-refractivity contribution in [3.05, 3.63) is 24.6 Å². The van der Waals surface area contributed by atoms with Gasteiger partial charge in [-0.25, -0.2) is 0 Å². The number of hydrogen-bond donors (Lipinski definition) is 0. The van der Waals surface area contributed by atoms with Gasteiger partial charge in [-0.2, -0.15) is 0 Å². The SMILES string of the molecule is CN(CCCN=C1N(C)C=CCN1C)CCCN=C1N(C)C=CCN1C. The predicted molar refractivity (Wildman–Crippen MR) is 110 cm³/mol. The molecule has 0 radical (unpaired) electrons. The smallest absolute Gasteiger partial charge is 0.200 e. The summed E-state index contributed by atoms with van der Waals surface area (Å²) in [5.41, 5.74) is 0. The van der Waals surface area contributed by atoms with Crippen LogP contribution in [0.5, 0.6) is 0 Å². The fourth-order valence-electron chi connectivity index (χ4n) is 3.18. The van der Waals surface area contributed by atoms with Crippen molar-refractivity contribution < 1.29 is 0 Å². The summed E-state index contributed by atoms with van der Waals surface area (Å²) in [6, 6.07) is 0. The van der Waals surface area contributed by atoms with Crippen LogP contribution in [0, 0.1) is 0 Å². The number of likely N-dealkylation sites (N-methyl/N-ethyl adjacent to an activating group) is 2. The van der Waals surface area contributed by atoms with E-state index in [-0.39, 0.29) is 0 Å². The maximum Gasteiger partial charge on any atom is 0.200 e. The minimum Gasteiger partial charge on any atom is -0.342 e. The fourth-order valence-corrected chi connectivity index (χ4v) is 3.18. The summed E-state index contributed by atoms with van der Waals surface area (Å²) in [5, 5.41) is 0. The summed E-state index contributed by atoms with van der Waals surface area (Å²) in [5.74, 6) is 2.11. The van der Waals surface area contributed by atoms with Crippen LogP contribution in [-0.2, 0) is 0 Å². The first-order valence-corrected chi connectivity index (χ1v) is 9.47. The van der Waals surface area contributed by atoms with Gasteiger partial charge in [0.1, 0.15) is 0 Å². The summed E-state index contributed by atoms with van der Waals surface area (Å²) in [6.45, 7) is 5.74. The Balaban J connectivity index is 1.63. The molecule has 7 nitrogen and oxygen atoms in total. The van der Waals surface area contributed by atoms with E-state index in [9.17, 15) is 0 Å². The molecule has 146 valence electrons. The van der Waals surface area contributed by atoms with Crippen LogP contribution in [0.3, 0.4) is 0 Å². The Morgan fingerprint density at radius 1 is 0.808 bits per heavy atom. The zero-order valence-electron chi connectivity index (χ0n) is 17.1. The molecule has 0 aromatic carbocycles. The van der Waals surface area contributed by atoms with Gasteiger partial charge in [-0.1, -0.05) is 0 Å². The molecule has 0 aromatic rings. The highest BCUT2D eigenvalue weighted by atomic mass is 15.4. The molecule has 0 aromatic heterocycles. The third kappa shape index (κ3) is 6.05. The van der Waals surface area contributed by atoms with Gasteiger partial charge in [0.15, 0.2) is 11.9 Å². The number of nitrogens with zero attached hydrogens (tertiary/aromatic N) is 7. The Labute approximate surface area is 159 Å². The molecule has 0 bridgehead atoms. The molecule has 0 saturated heterocycles. The van der Waals surface area contributed by atoms with E-state index in [0.29, 0.717) is 0 Å². The standard InChI is InChI=1S/C19H35N7/c1-22(12-6-10-20-18-23(2)14-8-15-24(18)3)13-7-11-21-19-25(4)16-9-17-26(19)5/h8-9,14,16H,6-7,10-13,15,17H2,1-5H3. The minimum atomic E-state index is 0.867. The Bertz CT molecular complexity index is 504. The molecule has 2 aliphatic rings. The van der Waals surface area contributed by atoms with E-state index in [1.54, 1.807) is 0 Å². The van der Waals surface area contributed by atoms with Gasteiger partial charge in [0.25, 0.3) is 0 Å². The summed E-state index contributed by atoms with van der Waals surface area (Å²) >= 11 is 0. The van der Waals surface area contributed by atoms with Crippen molar-refractivity contribution in [1.29, 1.82) is 0 Å². The second kappa shape index (κ2) is 10.2. The average Bonchev–Trinajstić information content (AvgIpc) is 2.59. The lowest BCUT2D eigenvalue weighted by atomic mass is 10.3. The molecule has 2 aliphatic heterocycles. The van der Waals surface area contributed by atoms with E-state index >= 15 is 0 Å². The largest absolute Gasteiger partial charge is 0.342 e. The first-order valence-electron chi connectivity index (χ1n) is 9.47. The van der Waals surface area contributed by atoms with Crippen molar-refractivity contribution >= 4 is 11.9 Å². The molecule has 0 spiro atoms. The van der Waals surface area contributed by atoms with Crippen molar-refractivity contribution in [1.82, 2.24) is 24.5 Å². The van der Waals surface area contributed by atoms with Crippen LogP contribution in [-0.4, -0.2) is 111 Å². The molecule has 0 N–H and O–H groups in total. The molecular weight excluding hydrogens is 326 g/mol. The van der Waals surface area contributed by atoms with Gasteiger partial charge in [0.05, 0.1) is 0 Å². The van der Waals surface area contributed by atoms with Crippen molar-refractivity contribution in [3.8, 4) is 0 Å². The minimum absolute atomic E-state index is 0.867. The Hall–Kier alpha value is -2.02. The molecule has 2 rings (SSSR count). The molecule has 7 heteroatoms. The zero-order chi connectivity index (χ0) is 18.9. The fraction of sp³-hybridized carbons (Fsp3) is 0.684. The van der Waals surface area contributed by atoms with E-state index in [2.05, 4.69) is 84.3 Å². The second-order valence-electron chi connectivity index (χ2n) is 7.13. The maximum atomic E-state index is 4.74. The molecule has 0 amide bonds. The Kier molecular flexibility index (Phi) is 7.97. The van der Waals surface area contributed by atoms with E-state index in [1.165, 1.54) is 0 Å². The van der Waals surface area contributed by atoms with Gasteiger partial charge < -0.3 is 24.5 Å². The summed E-state index contributed by atoms with van der Waals surface area (Å²) < 4.78 is 0. The lowest BCUT2D eigenvalue weighted by molar-refractivity contribution is 0.327. The highest BCUT2D eigenvalue weighted by Crippen LogP contribution is 2.04.